The molecule has 2 N–H and O–H groups in total. The molecule has 1 aromatic heterocycles. The van der Waals surface area contributed by atoms with Crippen LogP contribution in [0.5, 0.6) is 0 Å². The number of aromatic nitrogens is 1. The van der Waals surface area contributed by atoms with Crippen LogP contribution in [0.15, 0.2) is 48.5 Å². The molecule has 0 bridgehead atoms. The predicted molar refractivity (Wildman–Crippen MR) is 91.8 cm³/mol. The molecule has 1 atom stereocenters. The molecule has 0 amide bonds. The highest BCUT2D eigenvalue weighted by Gasteiger charge is 2.22. The first-order valence-corrected chi connectivity index (χ1v) is 9.57. The van der Waals surface area contributed by atoms with E-state index >= 15 is 0 Å². The minimum atomic E-state index is -3.10. The molecular formula is C17H22N2O2P+. The van der Waals surface area contributed by atoms with Crippen LogP contribution in [-0.4, -0.2) is 36.0 Å². The quantitative estimate of drug-likeness (QED) is 0.709. The summed E-state index contributed by atoms with van der Waals surface area (Å²) in [5.74, 6) is 0. The zero-order valence-electron chi connectivity index (χ0n) is 13.0. The van der Waals surface area contributed by atoms with Crippen molar-refractivity contribution in [3.8, 4) is 0 Å². The average molecular weight is 317 g/mol. The Balaban J connectivity index is 2.01. The number of benzene rings is 2. The molecule has 22 heavy (non-hydrogen) atoms. The fraction of sp³-hybridized carbons (Fsp3) is 0.294. The van der Waals surface area contributed by atoms with Gasteiger partial charge in [-0.05, 0) is 12.1 Å². The lowest BCUT2D eigenvalue weighted by molar-refractivity contribution is -0.846. The van der Waals surface area contributed by atoms with E-state index in [4.69, 9.17) is 0 Å². The molecule has 0 aliphatic heterocycles. The van der Waals surface area contributed by atoms with Crippen molar-refractivity contribution in [2.75, 3.05) is 26.5 Å². The SMILES string of the molecule is C[NH+](C)CP(=O)(O)CCn1c2ccccc2c2ccccc21. The van der Waals surface area contributed by atoms with Crippen molar-refractivity contribution in [1.82, 2.24) is 4.57 Å². The minimum absolute atomic E-state index is 0.306. The van der Waals surface area contributed by atoms with Gasteiger partial charge in [-0.2, -0.15) is 0 Å². The van der Waals surface area contributed by atoms with Crippen LogP contribution in [0.2, 0.25) is 0 Å². The van der Waals surface area contributed by atoms with Crippen molar-refractivity contribution in [2.45, 2.75) is 6.54 Å². The van der Waals surface area contributed by atoms with Gasteiger partial charge in [0.1, 0.15) is 0 Å². The standard InChI is InChI=1S/C17H21N2O2P/c1-18(2)13-22(20,21)12-11-19-16-9-5-3-7-14(16)15-8-4-6-10-17(15)19/h3-10H,11-13H2,1-2H3,(H,20,21)/p+1. The van der Waals surface area contributed by atoms with Crippen LogP contribution in [0.4, 0.5) is 0 Å². The second-order valence-corrected chi connectivity index (χ2v) is 8.58. The van der Waals surface area contributed by atoms with Crippen molar-refractivity contribution in [2.24, 2.45) is 0 Å². The third-order valence-corrected chi connectivity index (χ3v) is 5.94. The first-order chi connectivity index (χ1) is 10.5. The summed E-state index contributed by atoms with van der Waals surface area (Å²) in [4.78, 5) is 11.2. The number of hydrogen-bond donors (Lipinski definition) is 2. The Labute approximate surface area is 130 Å². The molecule has 2 aromatic carbocycles. The number of nitrogens with one attached hydrogen (secondary N) is 1. The van der Waals surface area contributed by atoms with E-state index in [-0.39, 0.29) is 0 Å². The molecule has 0 radical (unpaired) electrons. The fourth-order valence-electron chi connectivity index (χ4n) is 3.07. The third-order valence-electron chi connectivity index (χ3n) is 3.92. The van der Waals surface area contributed by atoms with Crippen LogP contribution in [0.25, 0.3) is 21.8 Å². The van der Waals surface area contributed by atoms with Crippen LogP contribution in [0.3, 0.4) is 0 Å². The first kappa shape index (κ1) is 15.3. The second kappa shape index (κ2) is 5.88. The van der Waals surface area contributed by atoms with Crippen LogP contribution in [-0.2, 0) is 11.1 Å². The van der Waals surface area contributed by atoms with Gasteiger partial charge in [0.15, 0.2) is 6.29 Å². The second-order valence-electron chi connectivity index (χ2n) is 6.12. The van der Waals surface area contributed by atoms with E-state index in [1.54, 1.807) is 0 Å². The molecule has 116 valence electrons. The van der Waals surface area contributed by atoms with Crippen LogP contribution >= 0.6 is 7.37 Å². The van der Waals surface area contributed by atoms with Crippen molar-refractivity contribution >= 4 is 29.2 Å². The van der Waals surface area contributed by atoms with E-state index in [2.05, 4.69) is 28.8 Å². The van der Waals surface area contributed by atoms with E-state index in [1.807, 2.05) is 38.4 Å². The minimum Gasteiger partial charge on any atom is -0.340 e. The lowest BCUT2D eigenvalue weighted by Gasteiger charge is -2.15. The summed E-state index contributed by atoms with van der Waals surface area (Å²) in [6.45, 7) is 0.565. The summed E-state index contributed by atoms with van der Waals surface area (Å²) in [6, 6.07) is 16.5. The Morgan fingerprint density at radius 2 is 1.50 bits per heavy atom. The Kier molecular flexibility index (Phi) is 4.09. The number of nitrogens with zero attached hydrogens (tertiary/aromatic N) is 1. The molecule has 4 nitrogen and oxygen atoms in total. The monoisotopic (exact) mass is 317 g/mol. The zero-order valence-corrected chi connectivity index (χ0v) is 13.9. The van der Waals surface area contributed by atoms with Crippen LogP contribution < -0.4 is 4.90 Å². The van der Waals surface area contributed by atoms with Gasteiger partial charge in [0.25, 0.3) is 7.37 Å². The van der Waals surface area contributed by atoms with E-state index in [1.165, 1.54) is 10.8 Å². The molecule has 5 heteroatoms. The number of rotatable bonds is 5. The molecular weight excluding hydrogens is 295 g/mol. The highest BCUT2D eigenvalue weighted by molar-refractivity contribution is 7.57. The van der Waals surface area contributed by atoms with Crippen molar-refractivity contribution in [1.29, 1.82) is 0 Å². The smallest absolute Gasteiger partial charge is 0.254 e. The Morgan fingerprint density at radius 3 is 2.00 bits per heavy atom. The largest absolute Gasteiger partial charge is 0.340 e. The summed E-state index contributed by atoms with van der Waals surface area (Å²) < 4.78 is 14.5. The normalized spacial score (nSPS) is 14.7. The molecule has 0 aliphatic rings. The maximum Gasteiger partial charge on any atom is 0.254 e. The molecule has 0 fully saturated rings. The fourth-order valence-corrected chi connectivity index (χ4v) is 4.73. The molecule has 1 unspecified atom stereocenters. The Bertz CT molecular complexity index is 801. The van der Waals surface area contributed by atoms with Gasteiger partial charge in [-0.25, -0.2) is 0 Å². The van der Waals surface area contributed by atoms with Crippen LogP contribution in [0, 0.1) is 0 Å². The summed E-state index contributed by atoms with van der Waals surface area (Å²) in [5, 5.41) is 2.40. The Hall–Kier alpha value is -1.61. The zero-order chi connectivity index (χ0) is 15.7. The summed E-state index contributed by atoms with van der Waals surface area (Å²) >= 11 is 0. The van der Waals surface area contributed by atoms with Gasteiger partial charge in [0.05, 0.1) is 14.1 Å². The lowest BCUT2D eigenvalue weighted by Crippen LogP contribution is -3.05. The third kappa shape index (κ3) is 2.95. The average Bonchev–Trinajstić information content (AvgIpc) is 2.78. The molecule has 0 saturated carbocycles. The molecule has 0 spiro atoms. The van der Waals surface area contributed by atoms with Gasteiger partial charge in [-0.1, -0.05) is 36.4 Å². The van der Waals surface area contributed by atoms with Gasteiger partial charge >= 0.3 is 0 Å². The van der Waals surface area contributed by atoms with E-state index in [9.17, 15) is 9.46 Å². The van der Waals surface area contributed by atoms with E-state index in [0.717, 1.165) is 15.9 Å². The predicted octanol–water partition coefficient (Wildman–Crippen LogP) is 2.17. The number of para-hydroxylation sites is 2. The van der Waals surface area contributed by atoms with Gasteiger partial charge in [0.2, 0.25) is 0 Å². The van der Waals surface area contributed by atoms with Crippen LogP contribution in [0.1, 0.15) is 0 Å². The maximum absolute atomic E-state index is 12.3. The number of hydrogen-bond acceptors (Lipinski definition) is 1. The van der Waals surface area contributed by atoms with Crippen molar-refractivity contribution < 1.29 is 14.4 Å². The lowest BCUT2D eigenvalue weighted by atomic mass is 10.2. The highest BCUT2D eigenvalue weighted by atomic mass is 31.2. The van der Waals surface area contributed by atoms with E-state index in [0.29, 0.717) is 19.0 Å². The summed E-state index contributed by atoms with van der Waals surface area (Å²) in [7, 11) is 0.709. The topological polar surface area (TPSA) is 46.7 Å². The molecule has 1 heterocycles. The van der Waals surface area contributed by atoms with Gasteiger partial charge in [-0.15, -0.1) is 0 Å². The first-order valence-electron chi connectivity index (χ1n) is 7.54. The van der Waals surface area contributed by atoms with Crippen molar-refractivity contribution in [3.05, 3.63) is 48.5 Å². The molecule has 0 saturated heterocycles. The maximum atomic E-state index is 12.3. The van der Waals surface area contributed by atoms with Gasteiger partial charge in [-0.3, -0.25) is 4.57 Å². The number of fused-ring (bicyclic) bond motifs is 3. The van der Waals surface area contributed by atoms with Gasteiger partial charge in [0, 0.05) is 34.5 Å². The summed E-state index contributed by atoms with van der Waals surface area (Å²) in [5.41, 5.74) is 2.25. The van der Waals surface area contributed by atoms with E-state index < -0.39 is 7.37 Å². The van der Waals surface area contributed by atoms with Gasteiger partial charge < -0.3 is 14.4 Å². The molecule has 0 aliphatic carbocycles. The number of quaternary nitrogens is 1. The Morgan fingerprint density at radius 1 is 1.00 bits per heavy atom. The summed E-state index contributed by atoms with van der Waals surface area (Å²) in [6.07, 6.45) is 0.616. The number of aryl methyl sites for hydroxylation is 1. The molecule has 3 aromatic rings. The highest BCUT2D eigenvalue weighted by Crippen LogP contribution is 2.39. The molecule has 3 rings (SSSR count). The van der Waals surface area contributed by atoms with Crippen molar-refractivity contribution in [3.63, 3.8) is 0 Å².